The fourth-order valence-corrected chi connectivity index (χ4v) is 2.39. The molecule has 20 heavy (non-hydrogen) atoms. The van der Waals surface area contributed by atoms with E-state index >= 15 is 0 Å². The minimum atomic E-state index is -0.598. The molecule has 5 nitrogen and oxygen atoms in total. The van der Waals surface area contributed by atoms with Gasteiger partial charge in [0.25, 0.3) is 5.91 Å². The van der Waals surface area contributed by atoms with Gasteiger partial charge in [0.15, 0.2) is 11.6 Å². The van der Waals surface area contributed by atoms with Crippen LogP contribution in [0.25, 0.3) is 0 Å². The van der Waals surface area contributed by atoms with Crippen molar-refractivity contribution in [2.45, 2.75) is 12.8 Å². The Morgan fingerprint density at radius 1 is 1.55 bits per heavy atom. The molecule has 1 amide bonds. The molecule has 1 aliphatic rings. The number of ether oxygens (including phenoxy) is 1. The van der Waals surface area contributed by atoms with Crippen LogP contribution in [0.4, 0.5) is 10.2 Å². The lowest BCUT2D eigenvalue weighted by Gasteiger charge is -2.27. The number of amides is 1. The fourth-order valence-electron chi connectivity index (χ4n) is 2.39. The van der Waals surface area contributed by atoms with Gasteiger partial charge in [0.2, 0.25) is 0 Å². The lowest BCUT2D eigenvalue weighted by molar-refractivity contribution is 0.0495. The maximum Gasteiger partial charge on any atom is 0.256 e. The van der Waals surface area contributed by atoms with Crippen molar-refractivity contribution in [2.24, 2.45) is 5.92 Å². The van der Waals surface area contributed by atoms with E-state index in [0.717, 1.165) is 26.1 Å². The average molecular weight is 281 g/mol. The molecule has 0 aliphatic carbocycles. The molecule has 0 spiro atoms. The van der Waals surface area contributed by atoms with Gasteiger partial charge in [0, 0.05) is 40.1 Å². The van der Waals surface area contributed by atoms with Gasteiger partial charge in [-0.05, 0) is 24.8 Å². The van der Waals surface area contributed by atoms with Crippen molar-refractivity contribution in [3.63, 3.8) is 0 Å². The highest BCUT2D eigenvalue weighted by Crippen LogP contribution is 2.19. The van der Waals surface area contributed by atoms with E-state index in [9.17, 15) is 9.18 Å². The summed E-state index contributed by atoms with van der Waals surface area (Å²) in [6, 6.07) is 1.42. The van der Waals surface area contributed by atoms with Gasteiger partial charge in [0.1, 0.15) is 0 Å². The van der Waals surface area contributed by atoms with Crippen LogP contribution >= 0.6 is 0 Å². The Labute approximate surface area is 118 Å². The molecule has 0 unspecified atom stereocenters. The summed E-state index contributed by atoms with van der Waals surface area (Å²) in [4.78, 5) is 17.7. The summed E-state index contributed by atoms with van der Waals surface area (Å²) in [5.74, 6) is -0.395. The number of anilines is 1. The maximum atomic E-state index is 14.1. The lowest BCUT2D eigenvalue weighted by Crippen LogP contribution is -2.34. The Morgan fingerprint density at radius 3 is 2.90 bits per heavy atom. The number of nitrogens with zero attached hydrogens (tertiary/aromatic N) is 2. The molecule has 110 valence electrons. The van der Waals surface area contributed by atoms with Crippen LogP contribution in [-0.2, 0) is 4.74 Å². The van der Waals surface area contributed by atoms with Crippen molar-refractivity contribution in [3.05, 3.63) is 23.6 Å². The molecule has 1 aromatic heterocycles. The summed E-state index contributed by atoms with van der Waals surface area (Å²) < 4.78 is 19.4. The van der Waals surface area contributed by atoms with E-state index < -0.39 is 5.82 Å². The first-order valence-corrected chi connectivity index (χ1v) is 6.79. The van der Waals surface area contributed by atoms with E-state index in [-0.39, 0.29) is 17.3 Å². The maximum absolute atomic E-state index is 14.1. The normalized spacial score (nSPS) is 15.9. The molecule has 2 rings (SSSR count). The van der Waals surface area contributed by atoms with E-state index in [1.54, 1.807) is 19.0 Å². The van der Waals surface area contributed by atoms with Crippen LogP contribution in [0.5, 0.6) is 0 Å². The molecule has 1 N–H and O–H groups in total. The van der Waals surface area contributed by atoms with E-state index in [2.05, 4.69) is 10.3 Å². The van der Waals surface area contributed by atoms with Crippen LogP contribution in [0.3, 0.4) is 0 Å². The number of carbonyl (C=O) groups is 1. The smallest absolute Gasteiger partial charge is 0.256 e. The third-order valence-corrected chi connectivity index (χ3v) is 3.58. The lowest BCUT2D eigenvalue weighted by atomic mass is 9.99. The van der Waals surface area contributed by atoms with Gasteiger partial charge in [-0.3, -0.25) is 4.79 Å². The minimum absolute atomic E-state index is 0.0545. The third kappa shape index (κ3) is 3.25. The molecular formula is C14H20FN3O2. The summed E-state index contributed by atoms with van der Waals surface area (Å²) in [5, 5.41) is 2.64. The second-order valence-electron chi connectivity index (χ2n) is 5.01. The second-order valence-corrected chi connectivity index (χ2v) is 5.01. The largest absolute Gasteiger partial charge is 0.381 e. The van der Waals surface area contributed by atoms with Crippen molar-refractivity contribution in [1.82, 2.24) is 9.88 Å². The van der Waals surface area contributed by atoms with E-state index in [0.29, 0.717) is 12.5 Å². The number of aromatic nitrogens is 1. The van der Waals surface area contributed by atoms with Crippen LogP contribution in [0.15, 0.2) is 12.3 Å². The predicted molar refractivity (Wildman–Crippen MR) is 74.2 cm³/mol. The van der Waals surface area contributed by atoms with Gasteiger partial charge in [-0.15, -0.1) is 0 Å². The molecule has 2 heterocycles. The number of hydrogen-bond acceptors (Lipinski definition) is 4. The van der Waals surface area contributed by atoms with Gasteiger partial charge < -0.3 is 15.0 Å². The van der Waals surface area contributed by atoms with Crippen LogP contribution in [0.1, 0.15) is 23.2 Å². The minimum Gasteiger partial charge on any atom is -0.381 e. The zero-order valence-electron chi connectivity index (χ0n) is 11.9. The Kier molecular flexibility index (Phi) is 4.89. The highest BCUT2D eigenvalue weighted by molar-refractivity contribution is 5.95. The topological polar surface area (TPSA) is 54.5 Å². The molecule has 0 radical (unpaired) electrons. The predicted octanol–water partition coefficient (Wildman–Crippen LogP) is 1.76. The molecule has 0 saturated carbocycles. The van der Waals surface area contributed by atoms with E-state index in [1.807, 2.05) is 0 Å². The molecule has 1 fully saturated rings. The van der Waals surface area contributed by atoms with Gasteiger partial charge in [0.05, 0.1) is 5.56 Å². The number of carbonyl (C=O) groups excluding carboxylic acids is 1. The number of nitrogens with one attached hydrogen (secondary N) is 1. The summed E-state index contributed by atoms with van der Waals surface area (Å²) in [5.41, 5.74) is 0.0545. The Morgan fingerprint density at radius 2 is 2.25 bits per heavy atom. The van der Waals surface area contributed by atoms with Crippen molar-refractivity contribution < 1.29 is 13.9 Å². The molecule has 6 heteroatoms. The van der Waals surface area contributed by atoms with Crippen LogP contribution in [0, 0.1) is 11.7 Å². The zero-order chi connectivity index (χ0) is 14.5. The Bertz CT molecular complexity index is 475. The van der Waals surface area contributed by atoms with Crippen molar-refractivity contribution >= 4 is 11.7 Å². The fraction of sp³-hybridized carbons (Fsp3) is 0.571. The number of halogens is 1. The summed E-state index contributed by atoms with van der Waals surface area (Å²) in [6.07, 6.45) is 3.32. The van der Waals surface area contributed by atoms with Crippen molar-refractivity contribution in [3.8, 4) is 0 Å². The molecule has 0 bridgehead atoms. The van der Waals surface area contributed by atoms with E-state index in [1.165, 1.54) is 12.3 Å². The van der Waals surface area contributed by atoms with Crippen LogP contribution in [-0.4, -0.2) is 49.6 Å². The molecule has 1 saturated heterocycles. The SMILES string of the molecule is CNc1nccc(C(=O)N(C)CC2CCOCC2)c1F. The molecule has 1 aliphatic heterocycles. The first-order chi connectivity index (χ1) is 9.63. The van der Waals surface area contributed by atoms with Crippen molar-refractivity contribution in [1.29, 1.82) is 0 Å². The summed E-state index contributed by atoms with van der Waals surface area (Å²) in [6.45, 7) is 2.10. The molecule has 0 aromatic carbocycles. The van der Waals surface area contributed by atoms with Crippen molar-refractivity contribution in [2.75, 3.05) is 39.2 Å². The first kappa shape index (κ1) is 14.7. The second kappa shape index (κ2) is 6.65. The van der Waals surface area contributed by atoms with Crippen LogP contribution in [0.2, 0.25) is 0 Å². The highest BCUT2D eigenvalue weighted by atomic mass is 19.1. The molecule has 1 aromatic rings. The summed E-state index contributed by atoms with van der Waals surface area (Å²) in [7, 11) is 3.28. The first-order valence-electron chi connectivity index (χ1n) is 6.79. The molecular weight excluding hydrogens is 261 g/mol. The zero-order valence-corrected chi connectivity index (χ0v) is 11.9. The quantitative estimate of drug-likeness (QED) is 0.913. The third-order valence-electron chi connectivity index (χ3n) is 3.58. The molecule has 0 atom stereocenters. The standard InChI is InChI=1S/C14H20FN3O2/c1-16-13-12(15)11(3-6-17-13)14(19)18(2)9-10-4-7-20-8-5-10/h3,6,10H,4-5,7-9H2,1-2H3,(H,16,17). The number of rotatable bonds is 4. The Balaban J connectivity index is 2.06. The summed E-state index contributed by atoms with van der Waals surface area (Å²) >= 11 is 0. The Hall–Kier alpha value is -1.69. The van der Waals surface area contributed by atoms with Crippen LogP contribution < -0.4 is 5.32 Å². The van der Waals surface area contributed by atoms with E-state index in [4.69, 9.17) is 4.74 Å². The number of pyridine rings is 1. The average Bonchev–Trinajstić information content (AvgIpc) is 2.48. The highest BCUT2D eigenvalue weighted by Gasteiger charge is 2.22. The van der Waals surface area contributed by atoms with Gasteiger partial charge >= 0.3 is 0 Å². The van der Waals surface area contributed by atoms with Gasteiger partial charge in [-0.1, -0.05) is 0 Å². The van der Waals surface area contributed by atoms with Gasteiger partial charge in [-0.2, -0.15) is 0 Å². The number of hydrogen-bond donors (Lipinski definition) is 1. The van der Waals surface area contributed by atoms with Gasteiger partial charge in [-0.25, -0.2) is 9.37 Å². The monoisotopic (exact) mass is 281 g/mol.